The SMILES string of the molecule is Nc1c[nH]c(-n2ccc(C(F)(F)F)n2)c1. The summed E-state index contributed by atoms with van der Waals surface area (Å²) in [6.07, 6.45) is -1.73. The number of aromatic amines is 1. The average Bonchev–Trinajstić information content (AvgIpc) is 2.69. The molecule has 0 fully saturated rings. The Hall–Kier alpha value is -1.92. The Morgan fingerprint density at radius 2 is 2.13 bits per heavy atom. The number of halogens is 3. The minimum absolute atomic E-state index is 0.392. The predicted octanol–water partition coefficient (Wildman–Crippen LogP) is 1.80. The zero-order valence-corrected chi connectivity index (χ0v) is 7.42. The van der Waals surface area contributed by atoms with E-state index in [1.165, 1.54) is 18.5 Å². The summed E-state index contributed by atoms with van der Waals surface area (Å²) in [7, 11) is 0. The highest BCUT2D eigenvalue weighted by molar-refractivity contribution is 5.43. The molecule has 0 spiro atoms. The minimum atomic E-state index is -4.43. The number of nitrogens with zero attached hydrogens (tertiary/aromatic N) is 2. The monoisotopic (exact) mass is 216 g/mol. The Balaban J connectivity index is 2.36. The van der Waals surface area contributed by atoms with Gasteiger partial charge in [0, 0.05) is 18.5 Å². The highest BCUT2D eigenvalue weighted by Crippen LogP contribution is 2.27. The van der Waals surface area contributed by atoms with Gasteiger partial charge in [-0.2, -0.15) is 18.3 Å². The van der Waals surface area contributed by atoms with Crippen LogP contribution in [0.2, 0.25) is 0 Å². The van der Waals surface area contributed by atoms with Crippen molar-refractivity contribution < 1.29 is 13.2 Å². The van der Waals surface area contributed by atoms with Gasteiger partial charge in [0.1, 0.15) is 5.82 Å². The Bertz CT molecular complexity index is 468. The van der Waals surface area contributed by atoms with Crippen LogP contribution in [0.1, 0.15) is 5.69 Å². The first-order valence-electron chi connectivity index (χ1n) is 4.04. The molecule has 0 saturated carbocycles. The van der Waals surface area contributed by atoms with Gasteiger partial charge in [-0.3, -0.25) is 0 Å². The molecule has 0 aliphatic carbocycles. The Morgan fingerprint density at radius 1 is 1.40 bits per heavy atom. The number of aromatic nitrogens is 3. The molecular weight excluding hydrogens is 209 g/mol. The lowest BCUT2D eigenvalue weighted by Crippen LogP contribution is -2.07. The third-order valence-corrected chi connectivity index (χ3v) is 1.82. The van der Waals surface area contributed by atoms with E-state index < -0.39 is 11.9 Å². The fraction of sp³-hybridized carbons (Fsp3) is 0.125. The van der Waals surface area contributed by atoms with Crippen molar-refractivity contribution in [3.05, 3.63) is 30.2 Å². The number of hydrogen-bond donors (Lipinski definition) is 2. The quantitative estimate of drug-likeness (QED) is 0.763. The van der Waals surface area contributed by atoms with Crippen LogP contribution < -0.4 is 5.73 Å². The largest absolute Gasteiger partial charge is 0.435 e. The lowest BCUT2D eigenvalue weighted by Gasteiger charge is -2.00. The highest BCUT2D eigenvalue weighted by Gasteiger charge is 2.33. The molecule has 0 unspecified atom stereocenters. The molecule has 0 aliphatic heterocycles. The first kappa shape index (κ1) is 9.63. The van der Waals surface area contributed by atoms with Crippen molar-refractivity contribution in [2.45, 2.75) is 6.18 Å². The van der Waals surface area contributed by atoms with Crippen molar-refractivity contribution >= 4 is 5.69 Å². The number of alkyl halides is 3. The molecule has 0 aliphatic rings. The second-order valence-corrected chi connectivity index (χ2v) is 2.96. The Morgan fingerprint density at radius 3 is 2.60 bits per heavy atom. The van der Waals surface area contributed by atoms with Crippen LogP contribution in [0.5, 0.6) is 0 Å². The van der Waals surface area contributed by atoms with Crippen molar-refractivity contribution in [2.24, 2.45) is 0 Å². The van der Waals surface area contributed by atoms with Gasteiger partial charge in [0.25, 0.3) is 0 Å². The molecule has 0 aromatic carbocycles. The van der Waals surface area contributed by atoms with Crippen LogP contribution in [0, 0.1) is 0 Å². The summed E-state index contributed by atoms with van der Waals surface area (Å²) in [4.78, 5) is 2.69. The van der Waals surface area contributed by atoms with Crippen molar-refractivity contribution in [1.29, 1.82) is 0 Å². The molecule has 2 aromatic heterocycles. The number of rotatable bonds is 1. The van der Waals surface area contributed by atoms with Gasteiger partial charge in [0.2, 0.25) is 0 Å². The van der Waals surface area contributed by atoms with Crippen molar-refractivity contribution in [2.75, 3.05) is 5.73 Å². The van der Waals surface area contributed by atoms with E-state index in [0.717, 1.165) is 10.7 Å². The molecule has 2 heterocycles. The fourth-order valence-electron chi connectivity index (χ4n) is 1.14. The van der Waals surface area contributed by atoms with Gasteiger partial charge in [-0.05, 0) is 6.07 Å². The van der Waals surface area contributed by atoms with Crippen LogP contribution in [0.15, 0.2) is 24.5 Å². The first-order valence-corrected chi connectivity index (χ1v) is 4.04. The number of nitrogens with two attached hydrogens (primary N) is 1. The van der Waals surface area contributed by atoms with Crippen LogP contribution in [-0.2, 0) is 6.18 Å². The van der Waals surface area contributed by atoms with E-state index in [2.05, 4.69) is 10.1 Å². The molecular formula is C8H7F3N4. The summed E-state index contributed by atoms with van der Waals surface area (Å²) in [6, 6.07) is 2.39. The number of anilines is 1. The van der Waals surface area contributed by atoms with Gasteiger partial charge in [-0.15, -0.1) is 0 Å². The van der Waals surface area contributed by atoms with Crippen LogP contribution in [0.3, 0.4) is 0 Å². The molecule has 0 radical (unpaired) electrons. The average molecular weight is 216 g/mol. The first-order chi connectivity index (χ1) is 6.97. The van der Waals surface area contributed by atoms with E-state index in [0.29, 0.717) is 11.5 Å². The van der Waals surface area contributed by atoms with E-state index in [1.807, 2.05) is 0 Å². The summed E-state index contributed by atoms with van der Waals surface area (Å²) in [5, 5.41) is 3.37. The zero-order chi connectivity index (χ0) is 11.1. The summed E-state index contributed by atoms with van der Waals surface area (Å²) in [5.74, 6) is 0.392. The topological polar surface area (TPSA) is 59.6 Å². The molecule has 0 amide bonds. The zero-order valence-electron chi connectivity index (χ0n) is 7.42. The molecule has 2 rings (SSSR count). The van der Waals surface area contributed by atoms with E-state index in [9.17, 15) is 13.2 Å². The van der Waals surface area contributed by atoms with E-state index in [-0.39, 0.29) is 0 Å². The van der Waals surface area contributed by atoms with Gasteiger partial charge in [-0.1, -0.05) is 0 Å². The van der Waals surface area contributed by atoms with Gasteiger partial charge < -0.3 is 10.7 Å². The van der Waals surface area contributed by atoms with Crippen molar-refractivity contribution in [3.8, 4) is 5.82 Å². The maximum atomic E-state index is 12.2. The maximum Gasteiger partial charge on any atom is 0.435 e. The molecule has 0 bridgehead atoms. The summed E-state index contributed by atoms with van der Waals surface area (Å²) in [5.41, 5.74) is 4.92. The third kappa shape index (κ3) is 1.80. The molecule has 80 valence electrons. The lowest BCUT2D eigenvalue weighted by molar-refractivity contribution is -0.141. The number of nitrogen functional groups attached to an aromatic ring is 1. The number of hydrogen-bond acceptors (Lipinski definition) is 2. The van der Waals surface area contributed by atoms with E-state index in [4.69, 9.17) is 5.73 Å². The summed E-state index contributed by atoms with van der Waals surface area (Å²) >= 11 is 0. The molecule has 2 aromatic rings. The number of H-pyrrole nitrogens is 1. The van der Waals surface area contributed by atoms with E-state index in [1.54, 1.807) is 0 Å². The molecule has 15 heavy (non-hydrogen) atoms. The third-order valence-electron chi connectivity index (χ3n) is 1.82. The molecule has 7 heteroatoms. The Kier molecular flexibility index (Phi) is 1.95. The van der Waals surface area contributed by atoms with Crippen LogP contribution in [0.4, 0.5) is 18.9 Å². The summed E-state index contributed by atoms with van der Waals surface area (Å²) in [6.45, 7) is 0. The van der Waals surface area contributed by atoms with Crippen LogP contribution >= 0.6 is 0 Å². The standard InChI is InChI=1S/C8H7F3N4/c9-8(10,11)6-1-2-15(14-6)7-3-5(12)4-13-7/h1-4,13H,12H2. The highest BCUT2D eigenvalue weighted by atomic mass is 19.4. The number of nitrogens with one attached hydrogen (secondary N) is 1. The van der Waals surface area contributed by atoms with E-state index >= 15 is 0 Å². The molecule has 4 nitrogen and oxygen atoms in total. The lowest BCUT2D eigenvalue weighted by atomic mass is 10.4. The van der Waals surface area contributed by atoms with Gasteiger partial charge in [0.05, 0.1) is 5.69 Å². The van der Waals surface area contributed by atoms with Crippen molar-refractivity contribution in [3.63, 3.8) is 0 Å². The molecule has 0 saturated heterocycles. The summed E-state index contributed by atoms with van der Waals surface area (Å²) < 4.78 is 37.7. The second kappa shape index (κ2) is 3.04. The van der Waals surface area contributed by atoms with Gasteiger partial charge >= 0.3 is 6.18 Å². The minimum Gasteiger partial charge on any atom is -0.397 e. The van der Waals surface area contributed by atoms with Crippen molar-refractivity contribution in [1.82, 2.24) is 14.8 Å². The maximum absolute atomic E-state index is 12.2. The molecule has 0 atom stereocenters. The fourth-order valence-corrected chi connectivity index (χ4v) is 1.14. The normalized spacial score (nSPS) is 11.9. The second-order valence-electron chi connectivity index (χ2n) is 2.96. The smallest absolute Gasteiger partial charge is 0.397 e. The van der Waals surface area contributed by atoms with Crippen LogP contribution in [0.25, 0.3) is 5.82 Å². The van der Waals surface area contributed by atoms with Gasteiger partial charge in [-0.25, -0.2) is 4.68 Å². The Labute approximate surface area is 82.5 Å². The molecule has 3 N–H and O–H groups in total. The predicted molar refractivity (Wildman–Crippen MR) is 47.3 cm³/mol. The van der Waals surface area contributed by atoms with Crippen LogP contribution in [-0.4, -0.2) is 14.8 Å². The van der Waals surface area contributed by atoms with Gasteiger partial charge in [0.15, 0.2) is 5.69 Å².